The second kappa shape index (κ2) is 6.37. The van der Waals surface area contributed by atoms with Gasteiger partial charge in [0.05, 0.1) is 13.1 Å². The summed E-state index contributed by atoms with van der Waals surface area (Å²) in [5, 5.41) is 8.56. The van der Waals surface area contributed by atoms with Crippen molar-refractivity contribution in [2.24, 2.45) is 0 Å². The number of carboxylic acid groups (broad SMARTS) is 1. The molecule has 0 aliphatic heterocycles. The molecule has 0 aliphatic rings. The zero-order valence-electron chi connectivity index (χ0n) is 8.99. The predicted molar refractivity (Wildman–Crippen MR) is 53.1 cm³/mol. The summed E-state index contributed by atoms with van der Waals surface area (Å²) in [4.78, 5) is 25.0. The Bertz CT molecular complexity index is 206. The van der Waals surface area contributed by atoms with Crippen LogP contribution in [0.25, 0.3) is 0 Å². The van der Waals surface area contributed by atoms with Gasteiger partial charge in [0, 0.05) is 13.6 Å². The average molecular weight is 202 g/mol. The van der Waals surface area contributed by atoms with Crippen molar-refractivity contribution in [2.75, 3.05) is 33.2 Å². The molecule has 0 unspecified atom stereocenters. The smallest absolute Gasteiger partial charge is 0.317 e. The molecule has 0 saturated carbocycles. The monoisotopic (exact) mass is 202 g/mol. The summed E-state index contributed by atoms with van der Waals surface area (Å²) in [6.45, 7) is 5.01. The van der Waals surface area contributed by atoms with Crippen LogP contribution in [0.15, 0.2) is 0 Å². The lowest BCUT2D eigenvalue weighted by atomic mass is 10.4. The molecule has 0 aliphatic carbocycles. The molecule has 0 atom stereocenters. The molecule has 0 aromatic heterocycles. The number of carbonyl (C=O) groups excluding carboxylic acids is 1. The second-order valence-electron chi connectivity index (χ2n) is 3.10. The summed E-state index contributed by atoms with van der Waals surface area (Å²) in [5.41, 5.74) is 0. The number of aliphatic carboxylic acids is 1. The van der Waals surface area contributed by atoms with Crippen molar-refractivity contribution in [2.45, 2.75) is 13.8 Å². The highest BCUT2D eigenvalue weighted by molar-refractivity contribution is 5.78. The molecule has 82 valence electrons. The lowest BCUT2D eigenvalue weighted by Gasteiger charge is -2.21. The summed E-state index contributed by atoms with van der Waals surface area (Å²) in [6.07, 6.45) is 0. The first-order valence-corrected chi connectivity index (χ1v) is 4.69. The molecule has 5 nitrogen and oxygen atoms in total. The first-order valence-electron chi connectivity index (χ1n) is 4.69. The van der Waals surface area contributed by atoms with Crippen LogP contribution in [0.5, 0.6) is 0 Å². The summed E-state index contributed by atoms with van der Waals surface area (Å²) in [6, 6.07) is 0. The van der Waals surface area contributed by atoms with E-state index in [4.69, 9.17) is 5.11 Å². The van der Waals surface area contributed by atoms with E-state index in [1.165, 1.54) is 0 Å². The Hall–Kier alpha value is -1.10. The van der Waals surface area contributed by atoms with Gasteiger partial charge in [-0.1, -0.05) is 6.92 Å². The quantitative estimate of drug-likeness (QED) is 0.652. The van der Waals surface area contributed by atoms with Gasteiger partial charge in [-0.05, 0) is 13.5 Å². The predicted octanol–water partition coefficient (Wildman–Crippen LogP) is -0.129. The average Bonchev–Trinajstić information content (AvgIpc) is 2.14. The highest BCUT2D eigenvalue weighted by atomic mass is 16.4. The van der Waals surface area contributed by atoms with Crippen LogP contribution in [0.3, 0.4) is 0 Å². The zero-order chi connectivity index (χ0) is 11.1. The van der Waals surface area contributed by atoms with Gasteiger partial charge in [0.15, 0.2) is 0 Å². The second-order valence-corrected chi connectivity index (χ2v) is 3.10. The largest absolute Gasteiger partial charge is 0.480 e. The van der Waals surface area contributed by atoms with Gasteiger partial charge in [-0.15, -0.1) is 0 Å². The standard InChI is InChI=1S/C9H18N2O3/c1-4-10(3)8(12)6-11(5-2)7-9(13)14/h4-7H2,1-3H3,(H,13,14). The maximum absolute atomic E-state index is 11.4. The minimum atomic E-state index is -0.904. The fourth-order valence-corrected chi connectivity index (χ4v) is 0.959. The van der Waals surface area contributed by atoms with Gasteiger partial charge < -0.3 is 10.0 Å². The number of rotatable bonds is 6. The van der Waals surface area contributed by atoms with E-state index in [2.05, 4.69) is 0 Å². The Kier molecular flexibility index (Phi) is 5.87. The van der Waals surface area contributed by atoms with Gasteiger partial charge in [-0.2, -0.15) is 0 Å². The number of nitrogens with zero attached hydrogens (tertiary/aromatic N) is 2. The summed E-state index contributed by atoms with van der Waals surface area (Å²) in [5.74, 6) is -0.950. The van der Waals surface area contributed by atoms with Gasteiger partial charge in [-0.25, -0.2) is 0 Å². The van der Waals surface area contributed by atoms with Gasteiger partial charge in [0.1, 0.15) is 0 Å². The normalized spacial score (nSPS) is 10.3. The molecular weight excluding hydrogens is 184 g/mol. The fourth-order valence-electron chi connectivity index (χ4n) is 0.959. The highest BCUT2D eigenvalue weighted by Gasteiger charge is 2.14. The van der Waals surface area contributed by atoms with Crippen LogP contribution >= 0.6 is 0 Å². The lowest BCUT2D eigenvalue weighted by Crippen LogP contribution is -2.40. The van der Waals surface area contributed by atoms with Crippen molar-refractivity contribution in [3.63, 3.8) is 0 Å². The molecule has 0 bridgehead atoms. The van der Waals surface area contributed by atoms with Gasteiger partial charge >= 0.3 is 5.97 Å². The Balaban J connectivity index is 4.04. The van der Waals surface area contributed by atoms with Gasteiger partial charge in [0.2, 0.25) is 5.91 Å². The van der Waals surface area contributed by atoms with Crippen molar-refractivity contribution in [3.8, 4) is 0 Å². The van der Waals surface area contributed by atoms with Gasteiger partial charge in [-0.3, -0.25) is 14.5 Å². The fraction of sp³-hybridized carbons (Fsp3) is 0.778. The third kappa shape index (κ3) is 4.81. The molecule has 5 heteroatoms. The van der Waals surface area contributed by atoms with Crippen LogP contribution in [0.4, 0.5) is 0 Å². The maximum atomic E-state index is 11.4. The maximum Gasteiger partial charge on any atom is 0.317 e. The number of carboxylic acids is 1. The van der Waals surface area contributed by atoms with Crippen LogP contribution < -0.4 is 0 Å². The summed E-state index contributed by atoms with van der Waals surface area (Å²) in [7, 11) is 1.71. The van der Waals surface area contributed by atoms with E-state index in [1.807, 2.05) is 13.8 Å². The molecule has 14 heavy (non-hydrogen) atoms. The molecule has 0 fully saturated rings. The van der Waals surface area contributed by atoms with E-state index in [-0.39, 0.29) is 19.0 Å². The van der Waals surface area contributed by atoms with Crippen molar-refractivity contribution in [1.82, 2.24) is 9.80 Å². The number of hydrogen-bond acceptors (Lipinski definition) is 3. The summed E-state index contributed by atoms with van der Waals surface area (Å²) < 4.78 is 0. The van der Waals surface area contributed by atoms with Crippen molar-refractivity contribution < 1.29 is 14.7 Å². The lowest BCUT2D eigenvalue weighted by molar-refractivity contribution is -0.139. The zero-order valence-corrected chi connectivity index (χ0v) is 8.99. The Labute approximate surface area is 84.3 Å². The van der Waals surface area contributed by atoms with E-state index in [0.29, 0.717) is 13.1 Å². The van der Waals surface area contributed by atoms with Gasteiger partial charge in [0.25, 0.3) is 0 Å². The first-order chi connectivity index (χ1) is 6.51. The molecule has 0 aromatic carbocycles. The Morgan fingerprint density at radius 3 is 2.07 bits per heavy atom. The molecule has 0 heterocycles. The van der Waals surface area contributed by atoms with Crippen molar-refractivity contribution in [1.29, 1.82) is 0 Å². The van der Waals surface area contributed by atoms with E-state index < -0.39 is 5.97 Å². The number of amides is 1. The molecule has 0 aromatic rings. The van der Waals surface area contributed by atoms with E-state index >= 15 is 0 Å². The number of likely N-dealkylation sites (N-methyl/N-ethyl adjacent to an activating group) is 2. The van der Waals surface area contributed by atoms with Crippen LogP contribution in [-0.2, 0) is 9.59 Å². The number of hydrogen-bond donors (Lipinski definition) is 1. The molecule has 0 spiro atoms. The molecule has 1 N–H and O–H groups in total. The molecule has 0 rings (SSSR count). The van der Waals surface area contributed by atoms with E-state index in [1.54, 1.807) is 16.8 Å². The Morgan fingerprint density at radius 1 is 1.14 bits per heavy atom. The van der Waals surface area contributed by atoms with Crippen molar-refractivity contribution >= 4 is 11.9 Å². The minimum absolute atomic E-state index is 0.0457. The van der Waals surface area contributed by atoms with Crippen LogP contribution in [0.2, 0.25) is 0 Å². The van der Waals surface area contributed by atoms with Crippen molar-refractivity contribution in [3.05, 3.63) is 0 Å². The van der Waals surface area contributed by atoms with E-state index in [9.17, 15) is 9.59 Å². The third-order valence-electron chi connectivity index (χ3n) is 2.07. The van der Waals surface area contributed by atoms with E-state index in [0.717, 1.165) is 0 Å². The molecule has 0 radical (unpaired) electrons. The molecule has 1 amide bonds. The highest BCUT2D eigenvalue weighted by Crippen LogP contribution is 1.91. The topological polar surface area (TPSA) is 60.9 Å². The molecular formula is C9H18N2O3. The Morgan fingerprint density at radius 2 is 1.71 bits per heavy atom. The van der Waals surface area contributed by atoms with Crippen LogP contribution in [0.1, 0.15) is 13.8 Å². The van der Waals surface area contributed by atoms with Crippen LogP contribution in [0, 0.1) is 0 Å². The molecule has 0 saturated heterocycles. The summed E-state index contributed by atoms with van der Waals surface area (Å²) >= 11 is 0. The first kappa shape index (κ1) is 12.9. The van der Waals surface area contributed by atoms with Crippen LogP contribution in [-0.4, -0.2) is 60.0 Å². The minimum Gasteiger partial charge on any atom is -0.480 e. The SMILES string of the molecule is CCN(CC(=O)O)CC(=O)N(C)CC. The third-order valence-corrected chi connectivity index (χ3v) is 2.07. The number of carbonyl (C=O) groups is 2.